The Hall–Kier alpha value is -8.92. The van der Waals surface area contributed by atoms with Gasteiger partial charge in [-0.15, -0.1) is 0 Å². The Bertz CT molecular complexity index is 3860. The molecule has 0 fully saturated rings. The van der Waals surface area contributed by atoms with E-state index in [0.717, 1.165) is 47.1 Å². The molecular weight excluding hydrogens is 949 g/mol. The van der Waals surface area contributed by atoms with Gasteiger partial charge >= 0.3 is 0 Å². The lowest BCUT2D eigenvalue weighted by molar-refractivity contribution is -0.672. The Kier molecular flexibility index (Phi) is 13.0. The molecule has 0 radical (unpaired) electrons. The van der Waals surface area contributed by atoms with E-state index < -0.39 is 19.7 Å². The lowest BCUT2D eigenvalue weighted by atomic mass is 9.99. The Labute approximate surface area is 436 Å². The van der Waals surface area contributed by atoms with Gasteiger partial charge in [0.2, 0.25) is 17.1 Å². The van der Waals surface area contributed by atoms with E-state index in [2.05, 4.69) is 102 Å². The number of nitrogens with zero attached hydrogens (tertiary/aromatic N) is 3. The van der Waals surface area contributed by atoms with E-state index in [1.165, 1.54) is 50.3 Å². The van der Waals surface area contributed by atoms with E-state index in [9.17, 15) is 23.2 Å². The van der Waals surface area contributed by atoms with Crippen molar-refractivity contribution in [3.63, 3.8) is 0 Å². The molecule has 0 aliphatic carbocycles. The van der Waals surface area contributed by atoms with Gasteiger partial charge in [-0.05, 0) is 47.5 Å². The molecule has 0 spiro atoms. The van der Waals surface area contributed by atoms with Crippen molar-refractivity contribution in [2.24, 2.45) is 0 Å². The second kappa shape index (κ2) is 20.2. The monoisotopic (exact) mass is 1000 g/mol. The van der Waals surface area contributed by atoms with Gasteiger partial charge in [0.15, 0.2) is 55.6 Å². The standard InChI is InChI=1S/C25H18NO.C22H22NOSi.C19H12F2NO/c27-25(19-9-5-2-6-10-19)22-13-14-24-23-15-20(18-7-3-1-4-8-18)11-12-21(23)16-26(24)17-22;1-25(2,3)19-10-11-20-18(13-19)15-23-14-17(9-12-21(20)23)22(24)16-7-5-4-6-8-16;20-15-8-14-11-22-10-13(19(23)12-4-2-1-3-5-12)6-7-17(22)18(14)16(21)9-15/h1-15,17H,16H2;4-14H,15H2,1-3H3;1-10H,11H2/q3*+1. The topological polar surface area (TPSA) is 62.9 Å². The van der Waals surface area contributed by atoms with Gasteiger partial charge in [0, 0.05) is 57.6 Å². The van der Waals surface area contributed by atoms with Crippen LogP contribution in [0.1, 0.15) is 64.5 Å². The highest BCUT2D eigenvalue weighted by molar-refractivity contribution is 6.88. The molecule has 6 heterocycles. The Morgan fingerprint density at radius 2 is 0.840 bits per heavy atom. The molecule has 0 saturated heterocycles. The van der Waals surface area contributed by atoms with Crippen LogP contribution < -0.4 is 18.9 Å². The smallest absolute Gasteiger partial charge is 0.216 e. The summed E-state index contributed by atoms with van der Waals surface area (Å²) in [5.74, 6) is -1.12. The number of carbonyl (C=O) groups is 3. The van der Waals surface area contributed by atoms with Crippen LogP contribution in [0.2, 0.25) is 19.6 Å². The van der Waals surface area contributed by atoms with Crippen LogP contribution in [0.3, 0.4) is 0 Å². The van der Waals surface area contributed by atoms with Crippen LogP contribution in [-0.2, 0) is 19.6 Å². The second-order valence-electron chi connectivity index (χ2n) is 20.2. The summed E-state index contributed by atoms with van der Waals surface area (Å²) >= 11 is 0. The maximum atomic E-state index is 14.0. The molecule has 9 heteroatoms. The van der Waals surface area contributed by atoms with Crippen LogP contribution in [0.5, 0.6) is 0 Å². The highest BCUT2D eigenvalue weighted by Gasteiger charge is 2.33. The molecule has 75 heavy (non-hydrogen) atoms. The SMILES string of the molecule is C[Si](C)(C)c1ccc2c(c1)C[n+]1cc(C(=O)c3ccccc3)ccc1-2.O=C(c1ccccc1)c1ccc2[n+](c1)Cc1cc(F)cc(F)c1-2.O=C(c1ccccc1)c1ccc2[n+](c1)Cc1ccc(-c3ccccc3)cc1-2. The minimum atomic E-state index is -1.32. The molecule has 3 aliphatic heterocycles. The molecule has 10 aromatic rings. The van der Waals surface area contributed by atoms with Gasteiger partial charge in [0.25, 0.3) is 0 Å². The van der Waals surface area contributed by atoms with Crippen LogP contribution in [0, 0.1) is 11.6 Å². The number of carbonyl (C=O) groups excluding carboxylic acids is 3. The molecular formula is C66H52F2N3O3Si+3. The molecule has 7 aromatic carbocycles. The summed E-state index contributed by atoms with van der Waals surface area (Å²) < 4.78 is 33.6. The third-order valence-electron chi connectivity index (χ3n) is 14.1. The molecule has 3 aliphatic rings. The molecule has 0 amide bonds. The van der Waals surface area contributed by atoms with Crippen LogP contribution >= 0.6 is 0 Å². The zero-order valence-corrected chi connectivity index (χ0v) is 42.8. The van der Waals surface area contributed by atoms with E-state index in [1.54, 1.807) is 35.0 Å². The summed E-state index contributed by atoms with van der Waals surface area (Å²) in [6.45, 7) is 9.13. The van der Waals surface area contributed by atoms with Crippen molar-refractivity contribution in [1.29, 1.82) is 0 Å². The fourth-order valence-electron chi connectivity index (χ4n) is 10.2. The predicted octanol–water partition coefficient (Wildman–Crippen LogP) is 12.2. The molecule has 0 saturated carbocycles. The third-order valence-corrected chi connectivity index (χ3v) is 16.2. The van der Waals surface area contributed by atoms with E-state index in [4.69, 9.17) is 0 Å². The van der Waals surface area contributed by atoms with Gasteiger partial charge in [0.1, 0.15) is 11.6 Å². The number of fused-ring (bicyclic) bond motifs is 9. The highest BCUT2D eigenvalue weighted by atomic mass is 28.3. The maximum absolute atomic E-state index is 14.0. The molecule has 0 unspecified atom stereocenters. The average molecular weight is 1000 g/mol. The largest absolute Gasteiger partial charge is 0.288 e. The number of rotatable bonds is 8. The van der Waals surface area contributed by atoms with Gasteiger partial charge in [-0.25, -0.2) is 8.78 Å². The molecule has 6 nitrogen and oxygen atoms in total. The Morgan fingerprint density at radius 1 is 0.387 bits per heavy atom. The van der Waals surface area contributed by atoms with Crippen molar-refractivity contribution in [2.75, 3.05) is 0 Å². The van der Waals surface area contributed by atoms with Crippen molar-refractivity contribution in [1.82, 2.24) is 0 Å². The first-order valence-corrected chi connectivity index (χ1v) is 28.6. The Morgan fingerprint density at radius 3 is 1.36 bits per heavy atom. The normalized spacial score (nSPS) is 12.1. The number of halogens is 2. The fourth-order valence-corrected chi connectivity index (χ4v) is 11.4. The van der Waals surface area contributed by atoms with Crippen LogP contribution in [0.25, 0.3) is 44.9 Å². The van der Waals surface area contributed by atoms with Gasteiger partial charge in [-0.2, -0.15) is 13.7 Å². The van der Waals surface area contributed by atoms with Gasteiger partial charge < -0.3 is 0 Å². The van der Waals surface area contributed by atoms with Crippen LogP contribution in [0.15, 0.2) is 225 Å². The van der Waals surface area contributed by atoms with E-state index in [0.29, 0.717) is 34.5 Å². The maximum Gasteiger partial charge on any atom is 0.216 e. The van der Waals surface area contributed by atoms with Crippen LogP contribution in [-0.4, -0.2) is 25.4 Å². The van der Waals surface area contributed by atoms with E-state index in [-0.39, 0.29) is 17.3 Å². The summed E-state index contributed by atoms with van der Waals surface area (Å²) in [4.78, 5) is 37.9. The molecule has 3 aromatic heterocycles. The minimum absolute atomic E-state index is 0.0619. The average Bonchev–Trinajstić information content (AvgIpc) is 4.14. The lowest BCUT2D eigenvalue weighted by Crippen LogP contribution is -2.38. The summed E-state index contributed by atoms with van der Waals surface area (Å²) in [6, 6.07) is 65.5. The lowest BCUT2D eigenvalue weighted by Gasteiger charge is -2.16. The molecule has 364 valence electrons. The Balaban J connectivity index is 0.000000121. The van der Waals surface area contributed by atoms with Crippen molar-refractivity contribution in [2.45, 2.75) is 39.3 Å². The quantitative estimate of drug-likeness (QED) is 0.0866. The first-order chi connectivity index (χ1) is 36.4. The highest BCUT2D eigenvalue weighted by Crippen LogP contribution is 2.33. The first-order valence-electron chi connectivity index (χ1n) is 25.1. The number of benzene rings is 7. The number of aromatic nitrogens is 3. The minimum Gasteiger partial charge on any atom is -0.288 e. The van der Waals surface area contributed by atoms with Crippen molar-refractivity contribution in [3.05, 3.63) is 287 Å². The number of pyridine rings is 3. The number of ketones is 3. The van der Waals surface area contributed by atoms with Crippen molar-refractivity contribution in [3.8, 4) is 44.9 Å². The molecule has 0 bridgehead atoms. The zero-order valence-electron chi connectivity index (χ0n) is 41.8. The molecule has 0 atom stereocenters. The van der Waals surface area contributed by atoms with E-state index in [1.807, 2.05) is 109 Å². The molecule has 13 rings (SSSR count). The number of hydrogen-bond donors (Lipinski definition) is 0. The summed E-state index contributed by atoms with van der Waals surface area (Å²) in [6.07, 6.45) is 5.67. The fraction of sp³-hybridized carbons (Fsp3) is 0.0909. The van der Waals surface area contributed by atoms with Crippen molar-refractivity contribution < 1.29 is 36.9 Å². The summed E-state index contributed by atoms with van der Waals surface area (Å²) in [5.41, 5.74) is 15.7. The number of hydrogen-bond acceptors (Lipinski definition) is 3. The third kappa shape index (κ3) is 9.86. The zero-order chi connectivity index (χ0) is 51.8. The van der Waals surface area contributed by atoms with E-state index >= 15 is 0 Å². The van der Waals surface area contributed by atoms with Crippen molar-refractivity contribution >= 4 is 30.6 Å². The van der Waals surface area contributed by atoms with Gasteiger partial charge in [-0.1, -0.05) is 170 Å². The first kappa shape index (κ1) is 48.4. The van der Waals surface area contributed by atoms with Crippen LogP contribution in [0.4, 0.5) is 8.78 Å². The summed E-state index contributed by atoms with van der Waals surface area (Å²) in [5, 5.41) is 1.49. The molecule has 0 N–H and O–H groups in total. The van der Waals surface area contributed by atoms with Gasteiger partial charge in [0.05, 0.1) is 41.5 Å². The second-order valence-corrected chi connectivity index (χ2v) is 25.2. The summed E-state index contributed by atoms with van der Waals surface area (Å²) in [7, 11) is -1.32. The van der Waals surface area contributed by atoms with Gasteiger partial charge in [-0.3, -0.25) is 14.4 Å². The predicted molar refractivity (Wildman–Crippen MR) is 291 cm³/mol.